The van der Waals surface area contributed by atoms with Crippen molar-refractivity contribution < 1.29 is 19.1 Å². The zero-order valence-electron chi connectivity index (χ0n) is 18.7. The van der Waals surface area contributed by atoms with Crippen LogP contribution in [0.1, 0.15) is 43.6 Å². The molecule has 0 saturated heterocycles. The van der Waals surface area contributed by atoms with Crippen molar-refractivity contribution in [3.05, 3.63) is 59.6 Å². The second kappa shape index (κ2) is 11.3. The highest BCUT2D eigenvalue weighted by Gasteiger charge is 2.17. The maximum Gasteiger partial charge on any atom is 0.255 e. The van der Waals surface area contributed by atoms with Crippen LogP contribution in [0.15, 0.2) is 49.1 Å². The molecule has 1 heterocycles. The normalized spacial score (nSPS) is 11.5. The number of anilines is 2. The lowest BCUT2D eigenvalue weighted by molar-refractivity contribution is -0.119. The molecule has 9 nitrogen and oxygen atoms in total. The summed E-state index contributed by atoms with van der Waals surface area (Å²) >= 11 is 6.35. The van der Waals surface area contributed by atoms with Crippen LogP contribution in [-0.2, 0) is 4.79 Å². The molecule has 174 valence electrons. The van der Waals surface area contributed by atoms with Crippen molar-refractivity contribution in [1.82, 2.24) is 14.8 Å². The quantitative estimate of drug-likeness (QED) is 0.448. The molecule has 2 N–H and O–H groups in total. The van der Waals surface area contributed by atoms with E-state index in [1.54, 1.807) is 43.3 Å². The summed E-state index contributed by atoms with van der Waals surface area (Å²) < 4.78 is 12.8. The van der Waals surface area contributed by atoms with Gasteiger partial charge < -0.3 is 20.1 Å². The molecule has 2 amide bonds. The van der Waals surface area contributed by atoms with Gasteiger partial charge in [-0.2, -0.15) is 5.10 Å². The lowest BCUT2D eigenvalue weighted by Gasteiger charge is -2.15. The standard InChI is InChI=1S/C23H26ClN5O4/c1-4-10-33-21-19(24)11-16(12-20(21)32-5-2)23(31)28-18-8-6-17(7-9-18)27-22(30)15(3)29-14-25-13-26-29/h6-9,11-15H,4-5,10H2,1-3H3,(H,27,30)(H,28,31). The molecule has 0 saturated carbocycles. The minimum atomic E-state index is -0.513. The van der Waals surface area contributed by atoms with Gasteiger partial charge in [-0.05, 0) is 56.7 Å². The third-order valence-electron chi connectivity index (χ3n) is 4.65. The second-order valence-corrected chi connectivity index (χ2v) is 7.55. The number of carbonyl (C=O) groups excluding carboxylic acids is 2. The van der Waals surface area contributed by atoms with Crippen LogP contribution >= 0.6 is 11.6 Å². The molecule has 0 aliphatic rings. The number of nitrogens with zero attached hydrogens (tertiary/aromatic N) is 3. The lowest BCUT2D eigenvalue weighted by atomic mass is 10.1. The molecule has 0 spiro atoms. The van der Waals surface area contributed by atoms with Gasteiger partial charge in [-0.3, -0.25) is 9.59 Å². The molecular formula is C23H26ClN5O4. The Morgan fingerprint density at radius 3 is 2.39 bits per heavy atom. The van der Waals surface area contributed by atoms with Crippen LogP contribution < -0.4 is 20.1 Å². The van der Waals surface area contributed by atoms with Gasteiger partial charge in [0.05, 0.1) is 18.2 Å². The van der Waals surface area contributed by atoms with Crippen molar-refractivity contribution in [2.45, 2.75) is 33.2 Å². The van der Waals surface area contributed by atoms with Crippen molar-refractivity contribution in [2.24, 2.45) is 0 Å². The Bertz CT molecular complexity index is 1090. The zero-order valence-corrected chi connectivity index (χ0v) is 19.4. The molecule has 1 aromatic heterocycles. The molecule has 1 unspecified atom stereocenters. The maximum absolute atomic E-state index is 12.8. The molecule has 33 heavy (non-hydrogen) atoms. The first-order valence-electron chi connectivity index (χ1n) is 10.6. The van der Waals surface area contributed by atoms with Crippen LogP contribution in [0.2, 0.25) is 5.02 Å². The number of halogens is 1. The summed E-state index contributed by atoms with van der Waals surface area (Å²) in [6.45, 7) is 6.46. The van der Waals surface area contributed by atoms with Crippen LogP contribution in [0.4, 0.5) is 11.4 Å². The minimum absolute atomic E-state index is 0.235. The molecule has 3 aromatic rings. The van der Waals surface area contributed by atoms with Gasteiger partial charge in [-0.25, -0.2) is 9.67 Å². The predicted octanol–water partition coefficient (Wildman–Crippen LogP) is 4.57. The zero-order chi connectivity index (χ0) is 23.8. The predicted molar refractivity (Wildman–Crippen MR) is 126 cm³/mol. The summed E-state index contributed by atoms with van der Waals surface area (Å²) in [5, 5.41) is 9.89. The molecule has 1 atom stereocenters. The van der Waals surface area contributed by atoms with Crippen LogP contribution in [0.3, 0.4) is 0 Å². The molecule has 0 aliphatic carbocycles. The Morgan fingerprint density at radius 2 is 1.79 bits per heavy atom. The second-order valence-electron chi connectivity index (χ2n) is 7.14. The van der Waals surface area contributed by atoms with Crippen molar-refractivity contribution in [3.63, 3.8) is 0 Å². The first kappa shape index (κ1) is 24.1. The van der Waals surface area contributed by atoms with Crippen LogP contribution in [0, 0.1) is 0 Å². The average molecular weight is 472 g/mol. The third kappa shape index (κ3) is 6.23. The molecule has 0 radical (unpaired) electrons. The molecule has 10 heteroatoms. The molecular weight excluding hydrogens is 446 g/mol. The van der Waals surface area contributed by atoms with Gasteiger partial charge in [0.2, 0.25) is 5.91 Å². The Balaban J connectivity index is 1.67. The number of aromatic nitrogens is 3. The van der Waals surface area contributed by atoms with E-state index < -0.39 is 6.04 Å². The van der Waals surface area contributed by atoms with E-state index in [0.29, 0.717) is 46.7 Å². The summed E-state index contributed by atoms with van der Waals surface area (Å²) in [6, 6.07) is 9.42. The fraction of sp³-hybridized carbons (Fsp3) is 0.304. The van der Waals surface area contributed by atoms with E-state index >= 15 is 0 Å². The maximum atomic E-state index is 12.8. The molecule has 0 bridgehead atoms. The van der Waals surface area contributed by atoms with Gasteiger partial charge in [0.25, 0.3) is 5.91 Å². The summed E-state index contributed by atoms with van der Waals surface area (Å²) in [6.07, 6.45) is 3.67. The Kier molecular flexibility index (Phi) is 8.26. The van der Waals surface area contributed by atoms with Crippen LogP contribution in [-0.4, -0.2) is 39.8 Å². The highest BCUT2D eigenvalue weighted by atomic mass is 35.5. The summed E-state index contributed by atoms with van der Waals surface area (Å²) in [4.78, 5) is 29.0. The SMILES string of the molecule is CCCOc1c(Cl)cc(C(=O)Nc2ccc(NC(=O)C(C)n3cncn3)cc2)cc1OCC. The number of nitrogens with one attached hydrogen (secondary N) is 2. The number of ether oxygens (including phenoxy) is 2. The number of hydrogen-bond donors (Lipinski definition) is 2. The van der Waals surface area contributed by atoms with Gasteiger partial charge in [-0.1, -0.05) is 18.5 Å². The summed E-state index contributed by atoms with van der Waals surface area (Å²) in [7, 11) is 0. The first-order chi connectivity index (χ1) is 15.9. The number of hydrogen-bond acceptors (Lipinski definition) is 6. The van der Waals surface area contributed by atoms with E-state index in [1.165, 1.54) is 17.3 Å². The van der Waals surface area contributed by atoms with Crippen molar-refractivity contribution >= 4 is 34.8 Å². The Hall–Kier alpha value is -3.59. The number of amides is 2. The number of benzene rings is 2. The van der Waals surface area contributed by atoms with Gasteiger partial charge in [0.15, 0.2) is 11.5 Å². The molecule has 0 aliphatic heterocycles. The van der Waals surface area contributed by atoms with Gasteiger partial charge >= 0.3 is 0 Å². The van der Waals surface area contributed by atoms with Crippen molar-refractivity contribution in [3.8, 4) is 11.5 Å². The summed E-state index contributed by atoms with van der Waals surface area (Å²) in [5.74, 6) is 0.262. The van der Waals surface area contributed by atoms with E-state index in [1.807, 2.05) is 13.8 Å². The first-order valence-corrected chi connectivity index (χ1v) is 11.0. The van der Waals surface area contributed by atoms with E-state index in [-0.39, 0.29) is 11.8 Å². The Morgan fingerprint density at radius 1 is 1.09 bits per heavy atom. The van der Waals surface area contributed by atoms with Gasteiger partial charge in [-0.15, -0.1) is 0 Å². The van der Waals surface area contributed by atoms with E-state index in [0.717, 1.165) is 6.42 Å². The number of rotatable bonds is 10. The monoisotopic (exact) mass is 471 g/mol. The topological polar surface area (TPSA) is 107 Å². The lowest BCUT2D eigenvalue weighted by Crippen LogP contribution is -2.24. The smallest absolute Gasteiger partial charge is 0.255 e. The van der Waals surface area contributed by atoms with Gasteiger partial charge in [0, 0.05) is 16.9 Å². The van der Waals surface area contributed by atoms with Crippen molar-refractivity contribution in [1.29, 1.82) is 0 Å². The van der Waals surface area contributed by atoms with E-state index in [2.05, 4.69) is 20.7 Å². The fourth-order valence-electron chi connectivity index (χ4n) is 2.93. The van der Waals surface area contributed by atoms with E-state index in [9.17, 15) is 9.59 Å². The fourth-order valence-corrected chi connectivity index (χ4v) is 3.20. The largest absolute Gasteiger partial charge is 0.490 e. The number of carbonyl (C=O) groups is 2. The van der Waals surface area contributed by atoms with Gasteiger partial charge in [0.1, 0.15) is 18.7 Å². The van der Waals surface area contributed by atoms with Crippen LogP contribution in [0.25, 0.3) is 0 Å². The highest BCUT2D eigenvalue weighted by molar-refractivity contribution is 6.32. The van der Waals surface area contributed by atoms with Crippen LogP contribution in [0.5, 0.6) is 11.5 Å². The minimum Gasteiger partial charge on any atom is -0.490 e. The third-order valence-corrected chi connectivity index (χ3v) is 4.93. The average Bonchev–Trinajstić information content (AvgIpc) is 3.34. The Labute approximate surface area is 197 Å². The summed E-state index contributed by atoms with van der Waals surface area (Å²) in [5.41, 5.74) is 1.48. The highest BCUT2D eigenvalue weighted by Crippen LogP contribution is 2.37. The molecule has 2 aromatic carbocycles. The van der Waals surface area contributed by atoms with E-state index in [4.69, 9.17) is 21.1 Å². The van der Waals surface area contributed by atoms with Crippen molar-refractivity contribution in [2.75, 3.05) is 23.8 Å². The molecule has 3 rings (SSSR count). The molecule has 0 fully saturated rings.